The molecule has 1 aromatic heterocycles. The number of hydrogen-bond donors (Lipinski definition) is 1. The summed E-state index contributed by atoms with van der Waals surface area (Å²) in [6, 6.07) is 9.10. The Balaban J connectivity index is 1.74. The summed E-state index contributed by atoms with van der Waals surface area (Å²) >= 11 is 0. The molecular formula is C17H24N4. The van der Waals surface area contributed by atoms with Crippen molar-refractivity contribution >= 4 is 0 Å². The highest BCUT2D eigenvalue weighted by molar-refractivity contribution is 5.22. The summed E-state index contributed by atoms with van der Waals surface area (Å²) in [6.45, 7) is 8.57. The monoisotopic (exact) mass is 284 g/mol. The third kappa shape index (κ3) is 3.00. The number of benzene rings is 1. The maximum Gasteiger partial charge on any atom is 0.150 e. The maximum absolute atomic E-state index is 4.44. The molecule has 3 rings (SSSR count). The highest BCUT2D eigenvalue weighted by Crippen LogP contribution is 2.24. The van der Waals surface area contributed by atoms with E-state index in [1.54, 1.807) is 0 Å². The van der Waals surface area contributed by atoms with E-state index < -0.39 is 0 Å². The van der Waals surface area contributed by atoms with E-state index in [9.17, 15) is 0 Å². The molecule has 112 valence electrons. The van der Waals surface area contributed by atoms with Gasteiger partial charge >= 0.3 is 0 Å². The quantitative estimate of drug-likeness (QED) is 0.938. The lowest BCUT2D eigenvalue weighted by Gasteiger charge is -2.27. The van der Waals surface area contributed by atoms with Crippen molar-refractivity contribution in [1.29, 1.82) is 0 Å². The maximum atomic E-state index is 4.44. The fraction of sp³-hybridized carbons (Fsp3) is 0.529. The topological polar surface area (TPSA) is 42.7 Å². The predicted molar refractivity (Wildman–Crippen MR) is 84.2 cm³/mol. The molecule has 1 N–H and O–H groups in total. The summed E-state index contributed by atoms with van der Waals surface area (Å²) in [6.07, 6.45) is 1.99. The van der Waals surface area contributed by atoms with Gasteiger partial charge in [0.1, 0.15) is 5.82 Å². The van der Waals surface area contributed by atoms with Crippen LogP contribution in [0.5, 0.6) is 0 Å². The van der Waals surface area contributed by atoms with Gasteiger partial charge in [0, 0.05) is 19.5 Å². The lowest BCUT2D eigenvalue weighted by molar-refractivity contribution is 0.335. The van der Waals surface area contributed by atoms with Crippen molar-refractivity contribution in [3.8, 4) is 0 Å². The summed E-state index contributed by atoms with van der Waals surface area (Å²) in [5.74, 6) is 2.77. The first-order chi connectivity index (χ1) is 10.1. The van der Waals surface area contributed by atoms with Gasteiger partial charge in [-0.15, -0.1) is 10.2 Å². The molecule has 2 heterocycles. The number of rotatable bonds is 4. The van der Waals surface area contributed by atoms with Crippen molar-refractivity contribution in [3.63, 3.8) is 0 Å². The van der Waals surface area contributed by atoms with Crippen LogP contribution in [0.2, 0.25) is 0 Å². The van der Waals surface area contributed by atoms with Crippen molar-refractivity contribution in [1.82, 2.24) is 20.1 Å². The van der Waals surface area contributed by atoms with Gasteiger partial charge in [-0.3, -0.25) is 0 Å². The zero-order chi connectivity index (χ0) is 14.8. The van der Waals surface area contributed by atoms with E-state index in [1.807, 2.05) is 0 Å². The molecule has 1 aliphatic heterocycles. The van der Waals surface area contributed by atoms with E-state index in [1.165, 1.54) is 11.1 Å². The van der Waals surface area contributed by atoms with Crippen LogP contribution in [0.3, 0.4) is 0 Å². The standard InChI is InChI=1S/C17H24N4/c1-12(2)16-17-20-19-15(21(17)11-10-18-16)9-8-14-6-4-13(3)5-7-14/h4-7,12,16,18H,8-11H2,1-3H3. The Bertz CT molecular complexity index is 598. The minimum absolute atomic E-state index is 0.333. The SMILES string of the molecule is Cc1ccc(CCc2nnc3n2CCNC3C(C)C)cc1. The first-order valence-corrected chi connectivity index (χ1v) is 7.86. The molecule has 2 aromatic rings. The second-order valence-corrected chi connectivity index (χ2v) is 6.29. The molecule has 1 aromatic carbocycles. The molecule has 4 heteroatoms. The van der Waals surface area contributed by atoms with Crippen LogP contribution in [0.25, 0.3) is 0 Å². The molecule has 0 saturated heterocycles. The van der Waals surface area contributed by atoms with Gasteiger partial charge in [0.2, 0.25) is 0 Å². The molecule has 1 unspecified atom stereocenters. The van der Waals surface area contributed by atoms with E-state index in [4.69, 9.17) is 0 Å². The van der Waals surface area contributed by atoms with Crippen LogP contribution in [0.15, 0.2) is 24.3 Å². The summed E-state index contributed by atoms with van der Waals surface area (Å²) in [4.78, 5) is 0. The van der Waals surface area contributed by atoms with Gasteiger partial charge in [0.05, 0.1) is 6.04 Å². The number of nitrogens with zero attached hydrogens (tertiary/aromatic N) is 3. The molecule has 0 fully saturated rings. The molecule has 0 spiro atoms. The Kier molecular flexibility index (Phi) is 4.06. The van der Waals surface area contributed by atoms with Crippen LogP contribution in [-0.2, 0) is 19.4 Å². The number of nitrogens with one attached hydrogen (secondary N) is 1. The van der Waals surface area contributed by atoms with Gasteiger partial charge in [-0.25, -0.2) is 0 Å². The van der Waals surface area contributed by atoms with Crippen LogP contribution in [0.1, 0.15) is 42.7 Å². The van der Waals surface area contributed by atoms with Crippen molar-refractivity contribution in [3.05, 3.63) is 47.0 Å². The normalized spacial score (nSPS) is 18.0. The first kappa shape index (κ1) is 14.3. The minimum atomic E-state index is 0.333. The van der Waals surface area contributed by atoms with Gasteiger partial charge in [-0.2, -0.15) is 0 Å². The minimum Gasteiger partial charge on any atom is -0.312 e. The van der Waals surface area contributed by atoms with Crippen LogP contribution in [-0.4, -0.2) is 21.3 Å². The van der Waals surface area contributed by atoms with Crippen LogP contribution < -0.4 is 5.32 Å². The summed E-state index contributed by atoms with van der Waals surface area (Å²) in [7, 11) is 0. The van der Waals surface area contributed by atoms with Crippen LogP contribution >= 0.6 is 0 Å². The molecule has 21 heavy (non-hydrogen) atoms. The predicted octanol–water partition coefficient (Wildman–Crippen LogP) is 2.67. The van der Waals surface area contributed by atoms with Gasteiger partial charge in [-0.1, -0.05) is 43.7 Å². The Morgan fingerprint density at radius 3 is 2.67 bits per heavy atom. The first-order valence-electron chi connectivity index (χ1n) is 7.86. The average Bonchev–Trinajstić information content (AvgIpc) is 2.89. The van der Waals surface area contributed by atoms with Crippen molar-refractivity contribution in [2.75, 3.05) is 6.54 Å². The lowest BCUT2D eigenvalue weighted by atomic mass is 10.0. The van der Waals surface area contributed by atoms with E-state index in [0.29, 0.717) is 12.0 Å². The Morgan fingerprint density at radius 1 is 1.19 bits per heavy atom. The van der Waals surface area contributed by atoms with Gasteiger partial charge in [-0.05, 0) is 24.8 Å². The Labute approximate surface area is 126 Å². The van der Waals surface area contributed by atoms with Crippen LogP contribution in [0.4, 0.5) is 0 Å². The zero-order valence-corrected chi connectivity index (χ0v) is 13.1. The number of fused-ring (bicyclic) bond motifs is 1. The van der Waals surface area contributed by atoms with E-state index in [0.717, 1.165) is 37.6 Å². The number of hydrogen-bond acceptors (Lipinski definition) is 3. The molecule has 0 bridgehead atoms. The van der Waals surface area contributed by atoms with Crippen molar-refractivity contribution in [2.24, 2.45) is 5.92 Å². The third-order valence-corrected chi connectivity index (χ3v) is 4.26. The lowest BCUT2D eigenvalue weighted by Crippen LogP contribution is -2.37. The second-order valence-electron chi connectivity index (χ2n) is 6.29. The van der Waals surface area contributed by atoms with Gasteiger partial charge in [0.15, 0.2) is 5.82 Å². The second kappa shape index (κ2) is 5.98. The zero-order valence-electron chi connectivity index (χ0n) is 13.1. The molecule has 0 amide bonds. The van der Waals surface area contributed by atoms with E-state index in [2.05, 4.69) is 65.1 Å². The Hall–Kier alpha value is -1.68. The highest BCUT2D eigenvalue weighted by Gasteiger charge is 2.26. The summed E-state index contributed by atoms with van der Waals surface area (Å²) in [5.41, 5.74) is 2.68. The molecular weight excluding hydrogens is 260 g/mol. The molecule has 0 aliphatic carbocycles. The smallest absolute Gasteiger partial charge is 0.150 e. The largest absolute Gasteiger partial charge is 0.312 e. The molecule has 1 atom stereocenters. The van der Waals surface area contributed by atoms with Crippen molar-refractivity contribution < 1.29 is 0 Å². The molecule has 0 radical (unpaired) electrons. The Morgan fingerprint density at radius 2 is 1.95 bits per heavy atom. The van der Waals surface area contributed by atoms with Gasteiger partial charge < -0.3 is 9.88 Å². The highest BCUT2D eigenvalue weighted by atomic mass is 15.3. The fourth-order valence-electron chi connectivity index (χ4n) is 2.98. The number of aryl methyl sites for hydroxylation is 3. The summed E-state index contributed by atoms with van der Waals surface area (Å²) in [5, 5.41) is 12.4. The number of aromatic nitrogens is 3. The third-order valence-electron chi connectivity index (χ3n) is 4.26. The molecule has 1 aliphatic rings. The molecule has 0 saturated carbocycles. The van der Waals surface area contributed by atoms with Crippen LogP contribution in [0, 0.1) is 12.8 Å². The van der Waals surface area contributed by atoms with E-state index in [-0.39, 0.29) is 0 Å². The van der Waals surface area contributed by atoms with Gasteiger partial charge in [0.25, 0.3) is 0 Å². The van der Waals surface area contributed by atoms with E-state index >= 15 is 0 Å². The summed E-state index contributed by atoms with van der Waals surface area (Å²) < 4.78 is 2.31. The van der Waals surface area contributed by atoms with Crippen molar-refractivity contribution in [2.45, 2.75) is 46.2 Å². The molecule has 4 nitrogen and oxygen atoms in total. The average molecular weight is 284 g/mol. The fourth-order valence-corrected chi connectivity index (χ4v) is 2.98.